The van der Waals surface area contributed by atoms with Crippen molar-refractivity contribution in [3.63, 3.8) is 0 Å². The fourth-order valence-corrected chi connectivity index (χ4v) is 4.55. The molecule has 0 aromatic carbocycles. The average Bonchev–Trinajstić information content (AvgIpc) is 3.33. The summed E-state index contributed by atoms with van der Waals surface area (Å²) < 4.78 is 0. The third kappa shape index (κ3) is 4.71. The summed E-state index contributed by atoms with van der Waals surface area (Å²) >= 11 is 1.68. The number of nitrogens with zero attached hydrogens (tertiary/aromatic N) is 3. The molecule has 25 heavy (non-hydrogen) atoms. The van der Waals surface area contributed by atoms with E-state index in [0.29, 0.717) is 12.0 Å². The molecule has 2 saturated carbocycles. The number of aliphatic imine (C=N–C) groups is 1. The molecule has 1 amide bonds. The van der Waals surface area contributed by atoms with Gasteiger partial charge in [-0.1, -0.05) is 13.3 Å². The number of thiazole rings is 1. The van der Waals surface area contributed by atoms with Crippen LogP contribution in [0.25, 0.3) is 0 Å². The molecule has 1 aromatic heterocycles. The fraction of sp³-hybridized carbons (Fsp3) is 0.722. The summed E-state index contributed by atoms with van der Waals surface area (Å²) in [5, 5.41) is 10.1. The molecule has 6 nitrogen and oxygen atoms in total. The second kappa shape index (κ2) is 8.17. The van der Waals surface area contributed by atoms with E-state index in [1.165, 1.54) is 25.7 Å². The van der Waals surface area contributed by atoms with Gasteiger partial charge in [-0.2, -0.15) is 0 Å². The Balaban J connectivity index is 1.59. The predicted octanol–water partition coefficient (Wildman–Crippen LogP) is 2.06. The van der Waals surface area contributed by atoms with E-state index >= 15 is 0 Å². The highest BCUT2D eigenvalue weighted by Gasteiger charge is 2.39. The van der Waals surface area contributed by atoms with Gasteiger partial charge in [0.25, 0.3) is 0 Å². The minimum absolute atomic E-state index is 0.0158. The lowest BCUT2D eigenvalue weighted by atomic mass is 9.95. The van der Waals surface area contributed by atoms with E-state index in [0.717, 1.165) is 29.3 Å². The molecule has 2 aliphatic carbocycles. The first-order valence-electron chi connectivity index (χ1n) is 9.17. The molecule has 2 fully saturated rings. The van der Waals surface area contributed by atoms with Crippen LogP contribution in [0.15, 0.2) is 16.6 Å². The maximum Gasteiger partial charge on any atom is 0.243 e. The van der Waals surface area contributed by atoms with Crippen molar-refractivity contribution in [2.24, 2.45) is 16.8 Å². The number of nitrogens with one attached hydrogen (secondary N) is 2. The number of guanidine groups is 1. The lowest BCUT2D eigenvalue weighted by Crippen LogP contribution is -2.47. The lowest BCUT2D eigenvalue weighted by molar-refractivity contribution is -0.127. The molecule has 3 rings (SSSR count). The standard InChI is InChI=1S/C18H29N5OS/c1-12(17-19-6-7-25-17)10-20-18(21-11-16(24)23(2)3)22-15-9-13-4-5-14(15)8-13/h6-7,12-15H,4-5,8-11H2,1-3H3,(H2,20,21,22). The summed E-state index contributed by atoms with van der Waals surface area (Å²) in [6, 6.07) is 0.495. The first-order chi connectivity index (χ1) is 12.0. The van der Waals surface area contributed by atoms with Crippen LogP contribution in [-0.4, -0.2) is 55.0 Å². The minimum Gasteiger partial charge on any atom is -0.356 e. The predicted molar refractivity (Wildman–Crippen MR) is 102 cm³/mol. The summed E-state index contributed by atoms with van der Waals surface area (Å²) in [4.78, 5) is 22.4. The second-order valence-corrected chi connectivity index (χ2v) is 8.46. The molecule has 138 valence electrons. The third-order valence-electron chi connectivity index (χ3n) is 5.38. The molecule has 1 heterocycles. The van der Waals surface area contributed by atoms with Gasteiger partial charge in [-0.3, -0.25) is 4.79 Å². The van der Waals surface area contributed by atoms with Crippen LogP contribution in [0, 0.1) is 11.8 Å². The van der Waals surface area contributed by atoms with Crippen LogP contribution in [-0.2, 0) is 4.79 Å². The van der Waals surface area contributed by atoms with Crippen molar-refractivity contribution in [2.45, 2.75) is 44.6 Å². The molecule has 7 heteroatoms. The number of fused-ring (bicyclic) bond motifs is 2. The monoisotopic (exact) mass is 363 g/mol. The summed E-state index contributed by atoms with van der Waals surface area (Å²) in [5.74, 6) is 2.73. The summed E-state index contributed by atoms with van der Waals surface area (Å²) in [7, 11) is 3.53. The highest BCUT2D eigenvalue weighted by Crippen LogP contribution is 2.44. The quantitative estimate of drug-likeness (QED) is 0.600. The highest BCUT2D eigenvalue weighted by atomic mass is 32.1. The van der Waals surface area contributed by atoms with E-state index < -0.39 is 0 Å². The Kier molecular flexibility index (Phi) is 5.93. The Morgan fingerprint density at radius 2 is 2.28 bits per heavy atom. The molecule has 4 atom stereocenters. The number of carbonyl (C=O) groups excluding carboxylic acids is 1. The van der Waals surface area contributed by atoms with Gasteiger partial charge in [0.1, 0.15) is 6.54 Å². The van der Waals surface area contributed by atoms with Gasteiger partial charge in [-0.05, 0) is 31.1 Å². The van der Waals surface area contributed by atoms with Crippen molar-refractivity contribution in [3.05, 3.63) is 16.6 Å². The molecule has 2 aliphatic rings. The topological polar surface area (TPSA) is 69.6 Å². The summed E-state index contributed by atoms with van der Waals surface area (Å²) in [6.45, 7) is 3.09. The van der Waals surface area contributed by atoms with Crippen LogP contribution in [0.3, 0.4) is 0 Å². The Hall–Kier alpha value is -1.63. The van der Waals surface area contributed by atoms with Crippen molar-refractivity contribution in [1.29, 1.82) is 0 Å². The largest absolute Gasteiger partial charge is 0.356 e. The van der Waals surface area contributed by atoms with E-state index in [1.807, 2.05) is 11.6 Å². The van der Waals surface area contributed by atoms with Crippen molar-refractivity contribution in [2.75, 3.05) is 27.2 Å². The van der Waals surface area contributed by atoms with Crippen LogP contribution in [0.4, 0.5) is 0 Å². The van der Waals surface area contributed by atoms with E-state index in [1.54, 1.807) is 30.3 Å². The van der Waals surface area contributed by atoms with Gasteiger partial charge < -0.3 is 15.5 Å². The van der Waals surface area contributed by atoms with Crippen LogP contribution in [0.5, 0.6) is 0 Å². The van der Waals surface area contributed by atoms with Gasteiger partial charge in [0.2, 0.25) is 5.91 Å². The Bertz CT molecular complexity index is 601. The van der Waals surface area contributed by atoms with Crippen LogP contribution in [0.2, 0.25) is 0 Å². The van der Waals surface area contributed by atoms with E-state index in [9.17, 15) is 4.79 Å². The zero-order chi connectivity index (χ0) is 17.8. The normalized spacial score (nSPS) is 26.5. The van der Waals surface area contributed by atoms with Crippen LogP contribution >= 0.6 is 11.3 Å². The van der Waals surface area contributed by atoms with E-state index in [4.69, 9.17) is 0 Å². The van der Waals surface area contributed by atoms with E-state index in [-0.39, 0.29) is 12.5 Å². The van der Waals surface area contributed by atoms with Gasteiger partial charge in [0.05, 0.1) is 5.01 Å². The Morgan fingerprint density at radius 1 is 1.44 bits per heavy atom. The molecule has 0 aliphatic heterocycles. The van der Waals surface area contributed by atoms with Gasteiger partial charge >= 0.3 is 0 Å². The molecule has 2 N–H and O–H groups in total. The number of rotatable bonds is 6. The molecule has 2 bridgehead atoms. The summed E-state index contributed by atoms with van der Waals surface area (Å²) in [6.07, 6.45) is 7.12. The van der Waals surface area contributed by atoms with Gasteiger partial charge in [0.15, 0.2) is 5.96 Å². The number of hydrogen-bond acceptors (Lipinski definition) is 4. The second-order valence-electron chi connectivity index (χ2n) is 7.53. The number of likely N-dealkylation sites (N-methyl/N-ethyl adjacent to an activating group) is 1. The van der Waals surface area contributed by atoms with E-state index in [2.05, 4.69) is 27.5 Å². The van der Waals surface area contributed by atoms with Crippen LogP contribution < -0.4 is 10.6 Å². The number of hydrogen-bond donors (Lipinski definition) is 2. The number of amides is 1. The Labute approximate surface area is 154 Å². The molecule has 0 spiro atoms. The Morgan fingerprint density at radius 3 is 2.88 bits per heavy atom. The molecule has 1 aromatic rings. The fourth-order valence-electron chi connectivity index (χ4n) is 3.85. The van der Waals surface area contributed by atoms with Crippen molar-refractivity contribution in [3.8, 4) is 0 Å². The summed E-state index contributed by atoms with van der Waals surface area (Å²) in [5.41, 5.74) is 0. The molecule has 4 unspecified atom stereocenters. The third-order valence-corrected chi connectivity index (χ3v) is 6.39. The number of aromatic nitrogens is 1. The number of carbonyl (C=O) groups is 1. The molecular formula is C18H29N5OS. The average molecular weight is 364 g/mol. The smallest absolute Gasteiger partial charge is 0.243 e. The zero-order valence-corrected chi connectivity index (χ0v) is 16.2. The molecule has 0 radical (unpaired) electrons. The van der Waals surface area contributed by atoms with Crippen molar-refractivity contribution >= 4 is 23.2 Å². The van der Waals surface area contributed by atoms with Gasteiger partial charge in [-0.25, -0.2) is 9.98 Å². The van der Waals surface area contributed by atoms with Gasteiger partial charge in [0, 0.05) is 44.2 Å². The van der Waals surface area contributed by atoms with Crippen molar-refractivity contribution in [1.82, 2.24) is 20.5 Å². The maximum absolute atomic E-state index is 11.9. The van der Waals surface area contributed by atoms with Crippen LogP contribution in [0.1, 0.15) is 43.5 Å². The zero-order valence-electron chi connectivity index (χ0n) is 15.4. The van der Waals surface area contributed by atoms with Gasteiger partial charge in [-0.15, -0.1) is 11.3 Å². The molecular weight excluding hydrogens is 334 g/mol. The van der Waals surface area contributed by atoms with Crippen molar-refractivity contribution < 1.29 is 4.79 Å². The lowest BCUT2D eigenvalue weighted by Gasteiger charge is -2.26. The SMILES string of the molecule is CC(CNC(=NCC(=O)N(C)C)NC1CC2CCC1C2)c1nccs1. The highest BCUT2D eigenvalue weighted by molar-refractivity contribution is 7.09. The minimum atomic E-state index is 0.0158. The first kappa shape index (κ1) is 18.2. The molecule has 0 saturated heterocycles. The maximum atomic E-state index is 11.9. The first-order valence-corrected chi connectivity index (χ1v) is 10.0.